The van der Waals surface area contributed by atoms with E-state index < -0.39 is 32.4 Å². The fourth-order valence-corrected chi connectivity index (χ4v) is 6.49. The quantitative estimate of drug-likeness (QED) is 0.219. The number of aryl methyl sites for hydroxylation is 1. The van der Waals surface area contributed by atoms with Gasteiger partial charge in [0.1, 0.15) is 22.9 Å². The van der Waals surface area contributed by atoms with Crippen molar-refractivity contribution in [1.29, 1.82) is 0 Å². The Morgan fingerprint density at radius 3 is 2.40 bits per heavy atom. The van der Waals surface area contributed by atoms with E-state index in [4.69, 9.17) is 4.74 Å². The highest BCUT2D eigenvalue weighted by Gasteiger charge is 2.37. The molecule has 3 N–H and O–H groups in total. The predicted octanol–water partition coefficient (Wildman–Crippen LogP) is 5.50. The molecule has 0 atom stereocenters. The number of benzene rings is 3. The van der Waals surface area contributed by atoms with Crippen LogP contribution in [0.5, 0.6) is 5.75 Å². The molecule has 43 heavy (non-hydrogen) atoms. The molecular formula is C32H33FN4O5S. The van der Waals surface area contributed by atoms with Crippen LogP contribution in [0.4, 0.5) is 27.3 Å². The maximum absolute atomic E-state index is 15.0. The summed E-state index contributed by atoms with van der Waals surface area (Å²) in [6.45, 7) is 3.50. The van der Waals surface area contributed by atoms with Crippen molar-refractivity contribution in [3.05, 3.63) is 105 Å². The number of carbonyl (C=O) groups excluding carboxylic acids is 1. The number of methoxy groups -OCH3 is 1. The van der Waals surface area contributed by atoms with E-state index in [1.807, 2.05) is 12.1 Å². The van der Waals surface area contributed by atoms with Crippen LogP contribution < -0.4 is 26.2 Å². The van der Waals surface area contributed by atoms with Crippen LogP contribution in [0.1, 0.15) is 39.9 Å². The molecule has 1 heterocycles. The zero-order valence-corrected chi connectivity index (χ0v) is 25.1. The van der Waals surface area contributed by atoms with Gasteiger partial charge in [-0.3, -0.25) is 14.2 Å². The maximum Gasteiger partial charge on any atom is 0.257 e. The van der Waals surface area contributed by atoms with Crippen LogP contribution in [0.3, 0.4) is 0 Å². The Morgan fingerprint density at radius 2 is 1.74 bits per heavy atom. The molecule has 0 aliphatic heterocycles. The van der Waals surface area contributed by atoms with Gasteiger partial charge < -0.3 is 20.7 Å². The molecule has 1 aliphatic carbocycles. The van der Waals surface area contributed by atoms with Crippen LogP contribution in [0.15, 0.2) is 76.4 Å². The smallest absolute Gasteiger partial charge is 0.257 e. The van der Waals surface area contributed by atoms with Crippen LogP contribution in [-0.4, -0.2) is 31.3 Å². The number of carbonyl (C=O) groups is 1. The summed E-state index contributed by atoms with van der Waals surface area (Å²) in [6.07, 6.45) is 1.24. The first kappa shape index (κ1) is 29.8. The fraction of sp³-hybridized carbons (Fsp3) is 0.250. The van der Waals surface area contributed by atoms with E-state index in [1.165, 1.54) is 35.9 Å². The molecule has 1 amide bonds. The number of amides is 1. The number of hydrogen-bond donors (Lipinski definition) is 3. The summed E-state index contributed by atoms with van der Waals surface area (Å²) in [5.74, 6) is -0.346. The van der Waals surface area contributed by atoms with Crippen molar-refractivity contribution in [2.45, 2.75) is 43.4 Å². The summed E-state index contributed by atoms with van der Waals surface area (Å²) in [4.78, 5) is 27.5. The number of hydrogen-bond acceptors (Lipinski definition) is 7. The van der Waals surface area contributed by atoms with Crippen LogP contribution in [0.2, 0.25) is 0 Å². The zero-order chi connectivity index (χ0) is 30.9. The van der Waals surface area contributed by atoms with Gasteiger partial charge >= 0.3 is 0 Å². The molecule has 5 rings (SSSR count). The summed E-state index contributed by atoms with van der Waals surface area (Å²) < 4.78 is 47.2. The molecule has 1 saturated carbocycles. The lowest BCUT2D eigenvalue weighted by Crippen LogP contribution is -2.31. The SMILES string of the molecule is COc1ccc(CNC(=O)c2c(Nc3cccc(S(=O)(=O)C4CC4)c3)c(C)c(=O)n(C)c2Nc2ccc(C)cc2F)cc1. The Labute approximate surface area is 249 Å². The van der Waals surface area contributed by atoms with E-state index in [1.54, 1.807) is 51.3 Å². The van der Waals surface area contributed by atoms with Crippen LogP contribution in [0, 0.1) is 19.7 Å². The van der Waals surface area contributed by atoms with Crippen molar-refractivity contribution in [2.24, 2.45) is 7.05 Å². The lowest BCUT2D eigenvalue weighted by atomic mass is 10.1. The largest absolute Gasteiger partial charge is 0.497 e. The summed E-state index contributed by atoms with van der Waals surface area (Å²) >= 11 is 0. The molecule has 0 unspecified atom stereocenters. The Hall–Kier alpha value is -4.64. The van der Waals surface area contributed by atoms with Gasteiger partial charge in [-0.2, -0.15) is 0 Å². The third kappa shape index (κ3) is 6.26. The second-order valence-electron chi connectivity index (χ2n) is 10.6. The van der Waals surface area contributed by atoms with Gasteiger partial charge in [-0.15, -0.1) is 0 Å². The van der Waals surface area contributed by atoms with Crippen LogP contribution >= 0.6 is 0 Å². The molecule has 3 aromatic carbocycles. The van der Waals surface area contributed by atoms with Crippen molar-refractivity contribution in [3.8, 4) is 5.75 Å². The number of anilines is 4. The average molecular weight is 605 g/mol. The fourth-order valence-electron chi connectivity index (χ4n) is 4.79. The molecule has 9 nitrogen and oxygen atoms in total. The Bertz CT molecular complexity index is 1870. The minimum atomic E-state index is -3.48. The summed E-state index contributed by atoms with van der Waals surface area (Å²) in [7, 11) is -0.420. The lowest BCUT2D eigenvalue weighted by molar-refractivity contribution is 0.0952. The van der Waals surface area contributed by atoms with Gasteiger partial charge in [0.2, 0.25) is 0 Å². The van der Waals surface area contributed by atoms with E-state index in [-0.39, 0.29) is 39.8 Å². The lowest BCUT2D eigenvalue weighted by Gasteiger charge is -2.22. The van der Waals surface area contributed by atoms with Gasteiger partial charge in [-0.05, 0) is 80.3 Å². The topological polar surface area (TPSA) is 119 Å². The minimum Gasteiger partial charge on any atom is -0.497 e. The number of aromatic nitrogens is 1. The molecule has 0 bridgehead atoms. The van der Waals surface area contributed by atoms with Gasteiger partial charge in [0.15, 0.2) is 9.84 Å². The van der Waals surface area contributed by atoms with Gasteiger partial charge in [0.25, 0.3) is 11.5 Å². The molecule has 224 valence electrons. The number of rotatable bonds is 10. The summed E-state index contributed by atoms with van der Waals surface area (Å²) in [5, 5.41) is 8.60. The molecule has 0 radical (unpaired) electrons. The van der Waals surface area contributed by atoms with Crippen molar-refractivity contribution >= 4 is 38.6 Å². The Kier molecular flexibility index (Phi) is 8.27. The molecule has 1 fully saturated rings. The third-order valence-corrected chi connectivity index (χ3v) is 9.69. The third-order valence-electron chi connectivity index (χ3n) is 7.43. The molecule has 0 spiro atoms. The highest BCUT2D eigenvalue weighted by atomic mass is 32.2. The van der Waals surface area contributed by atoms with Crippen molar-refractivity contribution in [3.63, 3.8) is 0 Å². The zero-order valence-electron chi connectivity index (χ0n) is 24.3. The monoisotopic (exact) mass is 604 g/mol. The van der Waals surface area contributed by atoms with Crippen LogP contribution in [0.25, 0.3) is 0 Å². The highest BCUT2D eigenvalue weighted by molar-refractivity contribution is 7.92. The normalized spacial score (nSPS) is 13.0. The molecule has 4 aromatic rings. The molecule has 11 heteroatoms. The van der Waals surface area contributed by atoms with E-state index >= 15 is 0 Å². The van der Waals surface area contributed by atoms with E-state index in [0.29, 0.717) is 29.8 Å². The number of halogens is 1. The Morgan fingerprint density at radius 1 is 1.02 bits per heavy atom. The minimum absolute atomic E-state index is 0.0588. The molecule has 1 aliphatic rings. The van der Waals surface area contributed by atoms with Gasteiger partial charge in [0.05, 0.1) is 28.6 Å². The maximum atomic E-state index is 15.0. The van der Waals surface area contributed by atoms with Crippen LogP contribution in [-0.2, 0) is 23.4 Å². The second kappa shape index (κ2) is 11.9. The average Bonchev–Trinajstić information content (AvgIpc) is 3.85. The van der Waals surface area contributed by atoms with E-state index in [2.05, 4.69) is 16.0 Å². The van der Waals surface area contributed by atoms with Crippen molar-refractivity contribution < 1.29 is 22.3 Å². The standard InChI is InChI=1S/C32H33FN4O5S/c1-19-8-15-27(26(33)16-19)36-30-28(31(38)34-18-21-9-11-23(42-4)12-10-21)29(20(2)32(39)37(30)3)35-22-6-5-7-25(17-22)43(40,41)24-13-14-24/h5-12,15-17,24,35-36H,13-14,18H2,1-4H3,(H,34,38). The number of nitrogens with zero attached hydrogens (tertiary/aromatic N) is 1. The van der Waals surface area contributed by atoms with Gasteiger partial charge in [-0.1, -0.05) is 24.3 Å². The molecular weight excluding hydrogens is 571 g/mol. The predicted molar refractivity (Wildman–Crippen MR) is 165 cm³/mol. The van der Waals surface area contributed by atoms with E-state index in [9.17, 15) is 22.4 Å². The van der Waals surface area contributed by atoms with Gasteiger partial charge in [0, 0.05) is 24.8 Å². The van der Waals surface area contributed by atoms with Crippen molar-refractivity contribution in [2.75, 3.05) is 17.7 Å². The first-order valence-corrected chi connectivity index (χ1v) is 15.3. The van der Waals surface area contributed by atoms with Crippen molar-refractivity contribution in [1.82, 2.24) is 9.88 Å². The molecule has 1 aromatic heterocycles. The number of pyridine rings is 1. The van der Waals surface area contributed by atoms with E-state index in [0.717, 1.165) is 5.56 Å². The number of sulfone groups is 1. The first-order chi connectivity index (χ1) is 20.5. The first-order valence-electron chi connectivity index (χ1n) is 13.8. The number of nitrogens with one attached hydrogen (secondary N) is 3. The molecule has 0 saturated heterocycles. The highest BCUT2D eigenvalue weighted by Crippen LogP contribution is 2.36. The van der Waals surface area contributed by atoms with Gasteiger partial charge in [-0.25, -0.2) is 12.8 Å². The Balaban J connectivity index is 1.59. The summed E-state index contributed by atoms with van der Waals surface area (Å²) in [6, 6.07) is 18.1. The number of ether oxygens (including phenoxy) is 1. The summed E-state index contributed by atoms with van der Waals surface area (Å²) in [5.41, 5.74) is 2.01. The second-order valence-corrected chi connectivity index (χ2v) is 12.9.